The van der Waals surface area contributed by atoms with Crippen LogP contribution in [0.3, 0.4) is 0 Å². The highest BCUT2D eigenvalue weighted by molar-refractivity contribution is 6.33. The molecular formula is C24H26ClN3O4. The largest absolute Gasteiger partial charge is 0.490 e. The quantitative estimate of drug-likeness (QED) is 0.470. The third kappa shape index (κ3) is 4.72. The van der Waals surface area contributed by atoms with Crippen LogP contribution in [-0.4, -0.2) is 40.7 Å². The van der Waals surface area contributed by atoms with Crippen molar-refractivity contribution in [1.82, 2.24) is 15.0 Å². The van der Waals surface area contributed by atoms with E-state index in [4.69, 9.17) is 25.6 Å². The van der Waals surface area contributed by atoms with Crippen molar-refractivity contribution in [2.75, 3.05) is 19.8 Å². The molecule has 8 heteroatoms. The number of likely N-dealkylation sites (tertiary alicyclic amines) is 1. The summed E-state index contributed by atoms with van der Waals surface area (Å²) >= 11 is 6.26. The van der Waals surface area contributed by atoms with Crippen molar-refractivity contribution >= 4 is 17.5 Å². The minimum Gasteiger partial charge on any atom is -0.490 e. The van der Waals surface area contributed by atoms with Gasteiger partial charge in [0.1, 0.15) is 6.04 Å². The van der Waals surface area contributed by atoms with Crippen molar-refractivity contribution in [3.63, 3.8) is 0 Å². The van der Waals surface area contributed by atoms with Gasteiger partial charge >= 0.3 is 0 Å². The molecule has 1 amide bonds. The van der Waals surface area contributed by atoms with Crippen molar-refractivity contribution in [3.8, 4) is 22.9 Å². The smallest absolute Gasteiger partial charge is 0.249 e. The number of hydrogen-bond acceptors (Lipinski definition) is 6. The van der Waals surface area contributed by atoms with Crippen LogP contribution < -0.4 is 9.47 Å². The monoisotopic (exact) mass is 455 g/mol. The van der Waals surface area contributed by atoms with E-state index in [2.05, 4.69) is 10.1 Å². The number of hydrogen-bond donors (Lipinski definition) is 0. The van der Waals surface area contributed by atoms with Gasteiger partial charge in [-0.2, -0.15) is 4.98 Å². The van der Waals surface area contributed by atoms with Gasteiger partial charge in [0.2, 0.25) is 17.6 Å². The molecule has 0 saturated carbocycles. The van der Waals surface area contributed by atoms with Gasteiger partial charge in [-0.05, 0) is 56.5 Å². The molecule has 1 atom stereocenters. The molecule has 0 bridgehead atoms. The second-order valence-corrected chi connectivity index (χ2v) is 7.91. The van der Waals surface area contributed by atoms with Crippen LogP contribution in [0.5, 0.6) is 11.5 Å². The van der Waals surface area contributed by atoms with Gasteiger partial charge in [-0.25, -0.2) is 0 Å². The maximum atomic E-state index is 13.2. The van der Waals surface area contributed by atoms with E-state index in [1.54, 1.807) is 6.07 Å². The molecule has 2 heterocycles. The van der Waals surface area contributed by atoms with Crippen LogP contribution in [0, 0.1) is 0 Å². The normalized spacial score (nSPS) is 15.7. The summed E-state index contributed by atoms with van der Waals surface area (Å²) < 4.78 is 16.8. The molecule has 2 aromatic carbocycles. The summed E-state index contributed by atoms with van der Waals surface area (Å²) in [5.41, 5.74) is 1.58. The first-order valence-electron chi connectivity index (χ1n) is 10.9. The zero-order valence-electron chi connectivity index (χ0n) is 18.2. The zero-order valence-corrected chi connectivity index (χ0v) is 19.0. The predicted octanol–water partition coefficient (Wildman–Crippen LogP) is 5.09. The van der Waals surface area contributed by atoms with Crippen LogP contribution in [0.25, 0.3) is 11.4 Å². The fourth-order valence-electron chi connectivity index (χ4n) is 3.93. The fraction of sp³-hybridized carbons (Fsp3) is 0.375. The lowest BCUT2D eigenvalue weighted by atomic mass is 10.1. The second-order valence-electron chi connectivity index (χ2n) is 7.51. The molecule has 0 spiro atoms. The van der Waals surface area contributed by atoms with Crippen molar-refractivity contribution in [2.45, 2.75) is 39.2 Å². The molecule has 1 aliphatic heterocycles. The lowest BCUT2D eigenvalue weighted by molar-refractivity contribution is -0.131. The first kappa shape index (κ1) is 22.1. The summed E-state index contributed by atoms with van der Waals surface area (Å²) in [4.78, 5) is 19.5. The molecule has 1 aliphatic rings. The van der Waals surface area contributed by atoms with Crippen LogP contribution in [0.2, 0.25) is 5.02 Å². The average molecular weight is 456 g/mol. The van der Waals surface area contributed by atoms with Crippen LogP contribution in [-0.2, 0) is 11.2 Å². The number of ether oxygens (including phenoxy) is 2. The van der Waals surface area contributed by atoms with Crippen molar-refractivity contribution in [2.24, 2.45) is 0 Å². The number of carbonyl (C=O) groups excluding carboxylic acids is 1. The Balaban J connectivity index is 1.50. The predicted molar refractivity (Wildman–Crippen MR) is 121 cm³/mol. The number of carbonyl (C=O) groups is 1. The van der Waals surface area contributed by atoms with Gasteiger partial charge < -0.3 is 18.9 Å². The standard InChI is InChI=1S/C24H26ClN3O4/c1-3-30-20-12-11-16(14-21(20)31-4-2)15-22(29)28-13-7-10-19(28)24-26-23(27-32-24)17-8-5-6-9-18(17)25/h5-6,8-9,11-12,14,19H,3-4,7,10,13,15H2,1-2H3/t19-/m0/s1. The summed E-state index contributed by atoms with van der Waals surface area (Å²) in [5, 5.41) is 4.65. The lowest BCUT2D eigenvalue weighted by Gasteiger charge is -2.22. The number of nitrogens with zero attached hydrogens (tertiary/aromatic N) is 3. The second kappa shape index (κ2) is 10.0. The van der Waals surface area contributed by atoms with Crippen LogP contribution >= 0.6 is 11.6 Å². The van der Waals surface area contributed by atoms with E-state index < -0.39 is 0 Å². The van der Waals surface area contributed by atoms with Gasteiger partial charge in [-0.3, -0.25) is 4.79 Å². The van der Waals surface area contributed by atoms with E-state index in [1.165, 1.54) is 0 Å². The van der Waals surface area contributed by atoms with E-state index >= 15 is 0 Å². The Morgan fingerprint density at radius 1 is 1.16 bits per heavy atom. The summed E-state index contributed by atoms with van der Waals surface area (Å²) in [7, 11) is 0. The van der Waals surface area contributed by atoms with Crippen LogP contribution in [0.4, 0.5) is 0 Å². The molecular weight excluding hydrogens is 430 g/mol. The third-order valence-corrected chi connectivity index (χ3v) is 5.71. The Morgan fingerprint density at radius 2 is 1.94 bits per heavy atom. The molecule has 0 N–H and O–H groups in total. The highest BCUT2D eigenvalue weighted by Gasteiger charge is 2.34. The van der Waals surface area contributed by atoms with Crippen LogP contribution in [0.1, 0.15) is 44.2 Å². The van der Waals surface area contributed by atoms with E-state index in [9.17, 15) is 4.79 Å². The number of rotatable bonds is 8. The molecule has 0 aliphatic carbocycles. The first-order valence-corrected chi connectivity index (χ1v) is 11.2. The van der Waals surface area contributed by atoms with Gasteiger partial charge in [0.15, 0.2) is 11.5 Å². The summed E-state index contributed by atoms with van der Waals surface area (Å²) in [6, 6.07) is 12.7. The summed E-state index contributed by atoms with van der Waals surface area (Å²) in [6.07, 6.45) is 1.92. The minimum atomic E-state index is -0.236. The van der Waals surface area contributed by atoms with Gasteiger partial charge in [0.25, 0.3) is 0 Å². The number of aromatic nitrogens is 2. The molecule has 4 rings (SSSR count). The Bertz CT molecular complexity index is 1080. The molecule has 1 aromatic heterocycles. The topological polar surface area (TPSA) is 77.7 Å². The minimum absolute atomic E-state index is 0.0107. The summed E-state index contributed by atoms with van der Waals surface area (Å²) in [5.74, 6) is 2.21. The molecule has 3 aromatic rings. The van der Waals surface area contributed by atoms with Crippen molar-refractivity contribution in [3.05, 3.63) is 58.9 Å². The molecule has 1 fully saturated rings. The van der Waals surface area contributed by atoms with Gasteiger partial charge in [-0.1, -0.05) is 35.0 Å². The molecule has 32 heavy (non-hydrogen) atoms. The molecule has 168 valence electrons. The Labute approximate surface area is 192 Å². The summed E-state index contributed by atoms with van der Waals surface area (Å²) in [6.45, 7) is 5.58. The highest BCUT2D eigenvalue weighted by atomic mass is 35.5. The maximum Gasteiger partial charge on any atom is 0.249 e. The molecule has 7 nitrogen and oxygen atoms in total. The van der Waals surface area contributed by atoms with E-state index in [0.29, 0.717) is 53.6 Å². The number of benzene rings is 2. The van der Waals surface area contributed by atoms with Crippen molar-refractivity contribution in [1.29, 1.82) is 0 Å². The molecule has 0 radical (unpaired) electrons. The third-order valence-electron chi connectivity index (χ3n) is 5.38. The van der Waals surface area contributed by atoms with Gasteiger partial charge in [-0.15, -0.1) is 0 Å². The average Bonchev–Trinajstić information content (AvgIpc) is 3.46. The molecule has 1 saturated heterocycles. The van der Waals surface area contributed by atoms with E-state index in [0.717, 1.165) is 18.4 Å². The van der Waals surface area contributed by atoms with E-state index in [-0.39, 0.29) is 18.4 Å². The number of amides is 1. The fourth-order valence-corrected chi connectivity index (χ4v) is 4.15. The van der Waals surface area contributed by atoms with E-state index in [1.807, 2.05) is 55.1 Å². The Morgan fingerprint density at radius 3 is 2.72 bits per heavy atom. The Kier molecular flexibility index (Phi) is 6.95. The maximum absolute atomic E-state index is 13.2. The van der Waals surface area contributed by atoms with Crippen molar-refractivity contribution < 1.29 is 18.8 Å². The van der Waals surface area contributed by atoms with Crippen LogP contribution in [0.15, 0.2) is 47.0 Å². The molecule has 0 unspecified atom stereocenters. The highest BCUT2D eigenvalue weighted by Crippen LogP contribution is 2.34. The van der Waals surface area contributed by atoms with Gasteiger partial charge in [0.05, 0.1) is 24.7 Å². The SMILES string of the molecule is CCOc1ccc(CC(=O)N2CCC[C@H]2c2nc(-c3ccccc3Cl)no2)cc1OCC. The first-order chi connectivity index (χ1) is 15.6. The number of halogens is 1. The lowest BCUT2D eigenvalue weighted by Crippen LogP contribution is -2.32. The Hall–Kier alpha value is -3.06. The van der Waals surface area contributed by atoms with Gasteiger partial charge in [0, 0.05) is 12.1 Å². The zero-order chi connectivity index (χ0) is 22.5.